The van der Waals surface area contributed by atoms with E-state index in [0.717, 1.165) is 21.2 Å². The van der Waals surface area contributed by atoms with Crippen molar-refractivity contribution in [3.63, 3.8) is 0 Å². The molecule has 5 nitrogen and oxygen atoms in total. The molecule has 0 aliphatic heterocycles. The van der Waals surface area contributed by atoms with Gasteiger partial charge in [-0.2, -0.15) is 0 Å². The minimum atomic E-state index is 0.632. The number of halogens is 1. The highest BCUT2D eigenvalue weighted by molar-refractivity contribution is 9.10. The Labute approximate surface area is 112 Å². The predicted molar refractivity (Wildman–Crippen MR) is 71.2 cm³/mol. The Hall–Kier alpha value is -1.08. The molecule has 0 fully saturated rings. The standard InChI is InChI=1S/C10H12BrN5S/c1-3-12-9-14-6-7(11)8(15-9)17-10-13-4-5-16(10)2/h4-6H,3H2,1-2H3,(H,12,14,15). The molecular formula is C10H12BrN5S. The maximum Gasteiger partial charge on any atom is 0.223 e. The maximum atomic E-state index is 4.42. The van der Waals surface area contributed by atoms with Crippen LogP contribution < -0.4 is 5.32 Å². The lowest BCUT2D eigenvalue weighted by Crippen LogP contribution is -2.02. The predicted octanol–water partition coefficient (Wildman–Crippen LogP) is 2.56. The average Bonchev–Trinajstić information content (AvgIpc) is 2.70. The van der Waals surface area contributed by atoms with Crippen LogP contribution in [-0.2, 0) is 7.05 Å². The molecule has 2 rings (SSSR count). The third-order valence-electron chi connectivity index (χ3n) is 2.01. The molecule has 0 aromatic carbocycles. The van der Waals surface area contributed by atoms with Gasteiger partial charge in [0.2, 0.25) is 5.95 Å². The normalized spacial score (nSPS) is 10.5. The van der Waals surface area contributed by atoms with Crippen molar-refractivity contribution in [2.75, 3.05) is 11.9 Å². The fourth-order valence-corrected chi connectivity index (χ4v) is 2.41. The molecule has 2 aromatic rings. The Balaban J connectivity index is 2.25. The van der Waals surface area contributed by atoms with E-state index in [1.54, 1.807) is 12.4 Å². The van der Waals surface area contributed by atoms with E-state index in [1.165, 1.54) is 11.8 Å². The van der Waals surface area contributed by atoms with E-state index in [9.17, 15) is 0 Å². The summed E-state index contributed by atoms with van der Waals surface area (Å²) in [7, 11) is 1.95. The zero-order valence-electron chi connectivity index (χ0n) is 9.51. The van der Waals surface area contributed by atoms with Gasteiger partial charge in [-0.1, -0.05) is 0 Å². The van der Waals surface area contributed by atoms with Gasteiger partial charge in [-0.25, -0.2) is 15.0 Å². The second kappa shape index (κ2) is 5.50. The minimum absolute atomic E-state index is 0.632. The molecule has 90 valence electrons. The van der Waals surface area contributed by atoms with Gasteiger partial charge in [0.05, 0.1) is 4.47 Å². The van der Waals surface area contributed by atoms with Crippen LogP contribution >= 0.6 is 27.7 Å². The van der Waals surface area contributed by atoms with Crippen LogP contribution in [0.1, 0.15) is 6.92 Å². The van der Waals surface area contributed by atoms with E-state index < -0.39 is 0 Å². The molecule has 0 saturated carbocycles. The van der Waals surface area contributed by atoms with Crippen LogP contribution in [0.4, 0.5) is 5.95 Å². The number of aromatic nitrogens is 4. The lowest BCUT2D eigenvalue weighted by atomic mass is 10.6. The second-order valence-corrected chi connectivity index (χ2v) is 5.11. The fraction of sp³-hybridized carbons (Fsp3) is 0.300. The molecule has 0 amide bonds. The number of anilines is 1. The van der Waals surface area contributed by atoms with E-state index in [0.29, 0.717) is 5.95 Å². The number of aryl methyl sites for hydroxylation is 1. The van der Waals surface area contributed by atoms with E-state index in [2.05, 4.69) is 36.2 Å². The second-order valence-electron chi connectivity index (χ2n) is 3.30. The van der Waals surface area contributed by atoms with Crippen LogP contribution in [-0.4, -0.2) is 26.1 Å². The van der Waals surface area contributed by atoms with Gasteiger partial charge in [0.15, 0.2) is 5.16 Å². The quantitative estimate of drug-likeness (QED) is 0.879. The van der Waals surface area contributed by atoms with Crippen LogP contribution in [0.25, 0.3) is 0 Å². The first-order chi connectivity index (χ1) is 8.20. The summed E-state index contributed by atoms with van der Waals surface area (Å²) in [4.78, 5) is 12.8. The molecule has 0 bridgehead atoms. The van der Waals surface area contributed by atoms with Crippen molar-refractivity contribution < 1.29 is 0 Å². The van der Waals surface area contributed by atoms with Gasteiger partial charge in [0.25, 0.3) is 0 Å². The van der Waals surface area contributed by atoms with Gasteiger partial charge >= 0.3 is 0 Å². The minimum Gasteiger partial charge on any atom is -0.354 e. The van der Waals surface area contributed by atoms with Crippen LogP contribution in [0.5, 0.6) is 0 Å². The molecule has 1 N–H and O–H groups in total. The third kappa shape index (κ3) is 2.98. The van der Waals surface area contributed by atoms with Crippen molar-refractivity contribution in [2.24, 2.45) is 7.05 Å². The Morgan fingerprint density at radius 3 is 2.94 bits per heavy atom. The highest BCUT2D eigenvalue weighted by atomic mass is 79.9. The first kappa shape index (κ1) is 12.4. The smallest absolute Gasteiger partial charge is 0.223 e. The Kier molecular flexibility index (Phi) is 4.01. The van der Waals surface area contributed by atoms with E-state index in [-0.39, 0.29) is 0 Å². The molecule has 0 aliphatic rings. The van der Waals surface area contributed by atoms with Crippen LogP contribution in [0.15, 0.2) is 33.2 Å². The largest absolute Gasteiger partial charge is 0.354 e. The average molecular weight is 314 g/mol. The number of nitrogens with one attached hydrogen (secondary N) is 1. The first-order valence-electron chi connectivity index (χ1n) is 5.12. The molecule has 0 spiro atoms. The number of hydrogen-bond acceptors (Lipinski definition) is 5. The molecule has 2 aromatic heterocycles. The van der Waals surface area contributed by atoms with Gasteiger partial charge in [0.1, 0.15) is 5.03 Å². The highest BCUT2D eigenvalue weighted by Gasteiger charge is 2.09. The number of imidazole rings is 1. The van der Waals surface area contributed by atoms with Crippen LogP contribution in [0, 0.1) is 0 Å². The summed E-state index contributed by atoms with van der Waals surface area (Å²) in [5.41, 5.74) is 0. The van der Waals surface area contributed by atoms with Gasteiger partial charge in [-0.05, 0) is 34.6 Å². The lowest BCUT2D eigenvalue weighted by molar-refractivity contribution is 0.788. The summed E-state index contributed by atoms with van der Waals surface area (Å²) in [6.07, 6.45) is 5.42. The maximum absolute atomic E-state index is 4.42. The molecular weight excluding hydrogens is 302 g/mol. The van der Waals surface area contributed by atoms with Crippen molar-refractivity contribution in [3.8, 4) is 0 Å². The van der Waals surface area contributed by atoms with E-state index in [1.807, 2.05) is 24.7 Å². The summed E-state index contributed by atoms with van der Waals surface area (Å²) in [5.74, 6) is 0.632. The van der Waals surface area contributed by atoms with Gasteiger partial charge in [0, 0.05) is 32.2 Å². The molecule has 0 atom stereocenters. The van der Waals surface area contributed by atoms with Crippen molar-refractivity contribution in [1.82, 2.24) is 19.5 Å². The van der Waals surface area contributed by atoms with Gasteiger partial charge in [-0.15, -0.1) is 0 Å². The lowest BCUT2D eigenvalue weighted by Gasteiger charge is -2.06. The summed E-state index contributed by atoms with van der Waals surface area (Å²) >= 11 is 4.94. The van der Waals surface area contributed by atoms with Gasteiger partial charge in [-0.3, -0.25) is 0 Å². The summed E-state index contributed by atoms with van der Waals surface area (Å²) < 4.78 is 2.82. The summed E-state index contributed by atoms with van der Waals surface area (Å²) in [5, 5.41) is 4.83. The molecule has 0 aliphatic carbocycles. The van der Waals surface area contributed by atoms with Crippen molar-refractivity contribution in [3.05, 3.63) is 23.1 Å². The van der Waals surface area contributed by atoms with Crippen LogP contribution in [0.2, 0.25) is 0 Å². The molecule has 17 heavy (non-hydrogen) atoms. The molecule has 0 saturated heterocycles. The Bertz CT molecular complexity index is 513. The Morgan fingerprint density at radius 2 is 2.29 bits per heavy atom. The third-order valence-corrected chi connectivity index (χ3v) is 3.94. The zero-order chi connectivity index (χ0) is 12.3. The number of hydrogen-bond donors (Lipinski definition) is 1. The van der Waals surface area contributed by atoms with Crippen molar-refractivity contribution >= 4 is 33.6 Å². The zero-order valence-corrected chi connectivity index (χ0v) is 11.9. The molecule has 0 unspecified atom stereocenters. The highest BCUT2D eigenvalue weighted by Crippen LogP contribution is 2.30. The van der Waals surface area contributed by atoms with Crippen molar-refractivity contribution in [1.29, 1.82) is 0 Å². The first-order valence-corrected chi connectivity index (χ1v) is 6.73. The monoisotopic (exact) mass is 313 g/mol. The SMILES string of the molecule is CCNc1ncc(Br)c(Sc2nccn2C)n1. The molecule has 0 radical (unpaired) electrons. The van der Waals surface area contributed by atoms with Crippen LogP contribution in [0.3, 0.4) is 0 Å². The summed E-state index contributed by atoms with van der Waals surface area (Å²) in [6.45, 7) is 2.81. The summed E-state index contributed by atoms with van der Waals surface area (Å²) in [6, 6.07) is 0. The van der Waals surface area contributed by atoms with Crippen molar-refractivity contribution in [2.45, 2.75) is 17.1 Å². The topological polar surface area (TPSA) is 55.6 Å². The van der Waals surface area contributed by atoms with E-state index in [4.69, 9.17) is 0 Å². The number of rotatable bonds is 4. The molecule has 2 heterocycles. The fourth-order valence-electron chi connectivity index (χ4n) is 1.20. The number of nitrogens with zero attached hydrogens (tertiary/aromatic N) is 4. The Morgan fingerprint density at radius 1 is 1.47 bits per heavy atom. The van der Waals surface area contributed by atoms with E-state index >= 15 is 0 Å². The molecule has 7 heteroatoms. The van der Waals surface area contributed by atoms with Gasteiger partial charge < -0.3 is 9.88 Å².